The van der Waals surface area contributed by atoms with E-state index in [1.54, 1.807) is 0 Å². The van der Waals surface area contributed by atoms with Gasteiger partial charge in [0.1, 0.15) is 17.5 Å². The third-order valence-corrected chi connectivity index (χ3v) is 4.13. The largest absolute Gasteiger partial charge is 0.356 e. The van der Waals surface area contributed by atoms with Gasteiger partial charge in [-0.15, -0.1) is 0 Å². The van der Waals surface area contributed by atoms with Gasteiger partial charge >= 0.3 is 0 Å². The number of aryl methyl sites for hydroxylation is 2. The van der Waals surface area contributed by atoms with Crippen molar-refractivity contribution in [3.05, 3.63) is 41.7 Å². The van der Waals surface area contributed by atoms with Gasteiger partial charge in [-0.1, -0.05) is 24.6 Å². The number of piperidine rings is 1. The highest BCUT2D eigenvalue weighted by molar-refractivity contribution is 5.60. The molecular formula is C18H24N4. The number of nitrogens with one attached hydrogen (secondary N) is 1. The first-order valence-electron chi connectivity index (χ1n) is 8.04. The first kappa shape index (κ1) is 14.8. The Hall–Kier alpha value is -2.10. The second kappa shape index (κ2) is 6.34. The third-order valence-electron chi connectivity index (χ3n) is 4.13. The average Bonchev–Trinajstić information content (AvgIpc) is 2.49. The lowest BCUT2D eigenvalue weighted by Crippen LogP contribution is -2.35. The van der Waals surface area contributed by atoms with Crippen LogP contribution in [0.25, 0.3) is 0 Å². The molecule has 0 saturated carbocycles. The molecule has 0 spiro atoms. The molecule has 4 heteroatoms. The predicted molar refractivity (Wildman–Crippen MR) is 91.8 cm³/mol. The van der Waals surface area contributed by atoms with E-state index >= 15 is 0 Å². The van der Waals surface area contributed by atoms with E-state index in [9.17, 15) is 0 Å². The number of hydrogen-bond acceptors (Lipinski definition) is 4. The highest BCUT2D eigenvalue weighted by atomic mass is 15.2. The normalized spacial score (nSPS) is 18.3. The zero-order valence-corrected chi connectivity index (χ0v) is 13.6. The first-order chi connectivity index (χ1) is 10.6. The lowest BCUT2D eigenvalue weighted by atomic mass is 10.0. The van der Waals surface area contributed by atoms with Crippen molar-refractivity contribution in [3.8, 4) is 0 Å². The fourth-order valence-electron chi connectivity index (χ4n) is 2.96. The molecule has 1 aliphatic heterocycles. The van der Waals surface area contributed by atoms with E-state index in [-0.39, 0.29) is 0 Å². The third kappa shape index (κ3) is 3.56. The monoisotopic (exact) mass is 296 g/mol. The van der Waals surface area contributed by atoms with Crippen LogP contribution in [-0.2, 0) is 0 Å². The Balaban J connectivity index is 1.81. The molecule has 2 heterocycles. The van der Waals surface area contributed by atoms with Gasteiger partial charge in [-0.05, 0) is 44.7 Å². The van der Waals surface area contributed by atoms with Crippen LogP contribution in [0.4, 0.5) is 17.3 Å². The van der Waals surface area contributed by atoms with Crippen molar-refractivity contribution in [1.29, 1.82) is 0 Å². The minimum atomic E-state index is 0.734. The average molecular weight is 296 g/mol. The number of rotatable bonds is 3. The van der Waals surface area contributed by atoms with Crippen LogP contribution in [0, 0.1) is 19.8 Å². The van der Waals surface area contributed by atoms with E-state index in [0.29, 0.717) is 0 Å². The van der Waals surface area contributed by atoms with Crippen LogP contribution >= 0.6 is 0 Å². The van der Waals surface area contributed by atoms with Gasteiger partial charge in [-0.3, -0.25) is 0 Å². The number of nitrogens with zero attached hydrogens (tertiary/aromatic N) is 3. The van der Waals surface area contributed by atoms with Crippen LogP contribution in [0.5, 0.6) is 0 Å². The van der Waals surface area contributed by atoms with Gasteiger partial charge in [0.25, 0.3) is 0 Å². The smallest absolute Gasteiger partial charge is 0.136 e. The van der Waals surface area contributed by atoms with E-state index in [2.05, 4.69) is 64.4 Å². The van der Waals surface area contributed by atoms with E-state index in [0.717, 1.165) is 42.2 Å². The van der Waals surface area contributed by atoms with E-state index in [4.69, 9.17) is 0 Å². The van der Waals surface area contributed by atoms with Gasteiger partial charge in [-0.25, -0.2) is 9.97 Å². The predicted octanol–water partition coefficient (Wildman–Crippen LogP) is 4.07. The van der Waals surface area contributed by atoms with Crippen molar-refractivity contribution in [2.24, 2.45) is 5.92 Å². The molecular weight excluding hydrogens is 272 g/mol. The van der Waals surface area contributed by atoms with Gasteiger partial charge in [0.05, 0.1) is 0 Å². The molecule has 0 amide bonds. The van der Waals surface area contributed by atoms with E-state index in [1.807, 2.05) is 6.92 Å². The molecule has 1 saturated heterocycles. The zero-order valence-electron chi connectivity index (χ0n) is 13.6. The van der Waals surface area contributed by atoms with Crippen LogP contribution in [-0.4, -0.2) is 23.1 Å². The maximum absolute atomic E-state index is 4.62. The molecule has 1 aromatic carbocycles. The standard InChI is InChI=1S/C18H24N4/c1-13-6-8-16(9-7-13)21-17-11-18(20-15(3)19-17)22-10-4-5-14(2)12-22/h6-9,11,14H,4-5,10,12H2,1-3H3,(H,19,20,21). The molecule has 3 rings (SSSR count). The lowest BCUT2D eigenvalue weighted by molar-refractivity contribution is 0.444. The number of benzene rings is 1. The molecule has 1 aliphatic rings. The molecule has 0 bridgehead atoms. The maximum Gasteiger partial charge on any atom is 0.136 e. The Bertz CT molecular complexity index is 636. The zero-order chi connectivity index (χ0) is 15.5. The van der Waals surface area contributed by atoms with E-state index in [1.165, 1.54) is 18.4 Å². The van der Waals surface area contributed by atoms with Crippen LogP contribution < -0.4 is 10.2 Å². The first-order valence-corrected chi connectivity index (χ1v) is 8.04. The molecule has 116 valence electrons. The van der Waals surface area contributed by atoms with Crippen molar-refractivity contribution in [2.45, 2.75) is 33.6 Å². The fraction of sp³-hybridized carbons (Fsp3) is 0.444. The van der Waals surface area contributed by atoms with Crippen molar-refractivity contribution in [3.63, 3.8) is 0 Å². The van der Waals surface area contributed by atoms with Crippen molar-refractivity contribution >= 4 is 17.3 Å². The highest BCUT2D eigenvalue weighted by Gasteiger charge is 2.18. The van der Waals surface area contributed by atoms with Gasteiger partial charge in [0, 0.05) is 24.8 Å². The van der Waals surface area contributed by atoms with Gasteiger partial charge < -0.3 is 10.2 Å². The number of anilines is 3. The maximum atomic E-state index is 4.62. The van der Waals surface area contributed by atoms with Crippen molar-refractivity contribution in [1.82, 2.24) is 9.97 Å². The summed E-state index contributed by atoms with van der Waals surface area (Å²) >= 11 is 0. The molecule has 0 aliphatic carbocycles. The Morgan fingerprint density at radius 3 is 2.64 bits per heavy atom. The SMILES string of the molecule is Cc1ccc(Nc2cc(N3CCCC(C)C3)nc(C)n2)cc1. The van der Waals surface area contributed by atoms with Crippen LogP contribution in [0.1, 0.15) is 31.2 Å². The van der Waals surface area contributed by atoms with Gasteiger partial charge in [0.2, 0.25) is 0 Å². The second-order valence-electron chi connectivity index (χ2n) is 6.34. The summed E-state index contributed by atoms with van der Waals surface area (Å²) in [6, 6.07) is 10.4. The number of aromatic nitrogens is 2. The summed E-state index contributed by atoms with van der Waals surface area (Å²) in [6.45, 7) is 8.53. The highest BCUT2D eigenvalue weighted by Crippen LogP contribution is 2.24. The molecule has 2 aromatic rings. The van der Waals surface area contributed by atoms with Crippen LogP contribution in [0.2, 0.25) is 0 Å². The lowest BCUT2D eigenvalue weighted by Gasteiger charge is -2.32. The summed E-state index contributed by atoms with van der Waals surface area (Å²) in [7, 11) is 0. The summed E-state index contributed by atoms with van der Waals surface area (Å²) < 4.78 is 0. The quantitative estimate of drug-likeness (QED) is 0.927. The summed E-state index contributed by atoms with van der Waals surface area (Å²) in [5.74, 6) is 3.45. The van der Waals surface area contributed by atoms with Crippen LogP contribution in [0.15, 0.2) is 30.3 Å². The molecule has 22 heavy (non-hydrogen) atoms. The van der Waals surface area contributed by atoms with Gasteiger partial charge in [0.15, 0.2) is 0 Å². The minimum Gasteiger partial charge on any atom is -0.356 e. The summed E-state index contributed by atoms with van der Waals surface area (Å²) in [5, 5.41) is 3.38. The molecule has 0 radical (unpaired) electrons. The van der Waals surface area contributed by atoms with Crippen molar-refractivity contribution < 1.29 is 0 Å². The van der Waals surface area contributed by atoms with Gasteiger partial charge in [-0.2, -0.15) is 0 Å². The number of hydrogen-bond donors (Lipinski definition) is 1. The molecule has 1 aromatic heterocycles. The Labute approximate surface area is 132 Å². The molecule has 4 nitrogen and oxygen atoms in total. The van der Waals surface area contributed by atoms with E-state index < -0.39 is 0 Å². The van der Waals surface area contributed by atoms with Crippen molar-refractivity contribution in [2.75, 3.05) is 23.3 Å². The molecule has 1 unspecified atom stereocenters. The molecule has 1 N–H and O–H groups in total. The second-order valence-corrected chi connectivity index (χ2v) is 6.34. The summed E-state index contributed by atoms with van der Waals surface area (Å²) in [5.41, 5.74) is 2.31. The summed E-state index contributed by atoms with van der Waals surface area (Å²) in [6.07, 6.45) is 2.56. The topological polar surface area (TPSA) is 41.0 Å². The molecule has 1 atom stereocenters. The Morgan fingerprint density at radius 1 is 1.14 bits per heavy atom. The Kier molecular flexibility index (Phi) is 4.27. The summed E-state index contributed by atoms with van der Waals surface area (Å²) in [4.78, 5) is 11.5. The van der Waals surface area contributed by atoms with Crippen LogP contribution in [0.3, 0.4) is 0 Å². The minimum absolute atomic E-state index is 0.734. The Morgan fingerprint density at radius 2 is 1.91 bits per heavy atom. The molecule has 1 fully saturated rings. The fourth-order valence-corrected chi connectivity index (χ4v) is 2.96.